The molecular formula is C16H21BrO4. The summed E-state index contributed by atoms with van der Waals surface area (Å²) in [5.74, 6) is -0.0210. The van der Waals surface area contributed by atoms with E-state index in [0.717, 1.165) is 29.0 Å². The summed E-state index contributed by atoms with van der Waals surface area (Å²) in [6.45, 7) is 8.06. The van der Waals surface area contributed by atoms with Crippen molar-refractivity contribution in [3.8, 4) is 5.75 Å². The fourth-order valence-corrected chi connectivity index (χ4v) is 2.80. The highest BCUT2D eigenvalue weighted by Gasteiger charge is 2.34. The van der Waals surface area contributed by atoms with E-state index < -0.39 is 11.4 Å². The molecule has 0 radical (unpaired) electrons. The minimum absolute atomic E-state index is 0.0923. The zero-order valence-electron chi connectivity index (χ0n) is 12.6. The Bertz CT molecular complexity index is 535. The first kappa shape index (κ1) is 16.3. The summed E-state index contributed by atoms with van der Waals surface area (Å²) in [5.41, 5.74) is 0.656. The van der Waals surface area contributed by atoms with E-state index in [1.165, 1.54) is 0 Å². The molecule has 0 atom stereocenters. The number of hydrogen-bond donors (Lipinski definition) is 1. The molecule has 0 aliphatic carbocycles. The number of aliphatic carboxylic acids is 1. The third-order valence-corrected chi connectivity index (χ3v) is 4.40. The van der Waals surface area contributed by atoms with Gasteiger partial charge in [-0.15, -0.1) is 0 Å². The van der Waals surface area contributed by atoms with Gasteiger partial charge in [-0.25, -0.2) is 0 Å². The lowest BCUT2D eigenvalue weighted by Gasteiger charge is -2.37. The third-order valence-electron chi connectivity index (χ3n) is 3.78. The Morgan fingerprint density at radius 3 is 2.62 bits per heavy atom. The van der Waals surface area contributed by atoms with Crippen molar-refractivity contribution in [1.82, 2.24) is 0 Å². The number of carboxylic acids is 1. The van der Waals surface area contributed by atoms with E-state index in [9.17, 15) is 4.79 Å². The van der Waals surface area contributed by atoms with E-state index in [0.29, 0.717) is 6.61 Å². The molecule has 4 nitrogen and oxygen atoms in total. The number of benzene rings is 1. The van der Waals surface area contributed by atoms with E-state index in [1.54, 1.807) is 0 Å². The van der Waals surface area contributed by atoms with Crippen LogP contribution in [0.25, 0.3) is 0 Å². The third kappa shape index (κ3) is 3.98. The van der Waals surface area contributed by atoms with Crippen LogP contribution < -0.4 is 4.74 Å². The van der Waals surface area contributed by atoms with Crippen LogP contribution in [0, 0.1) is 5.41 Å². The maximum atomic E-state index is 10.9. The predicted molar refractivity (Wildman–Crippen MR) is 83.8 cm³/mol. The van der Waals surface area contributed by atoms with Crippen molar-refractivity contribution in [2.75, 3.05) is 19.8 Å². The molecule has 5 heteroatoms. The molecule has 0 amide bonds. The van der Waals surface area contributed by atoms with Gasteiger partial charge in [-0.1, -0.05) is 26.8 Å². The number of ether oxygens (including phenoxy) is 2. The highest BCUT2D eigenvalue weighted by atomic mass is 79.9. The maximum Gasteiger partial charge on any atom is 0.304 e. The van der Waals surface area contributed by atoms with Gasteiger partial charge >= 0.3 is 5.97 Å². The standard InChI is InChI=1S/C16H21BrO4/c1-15(2,7-14(18)19)11-4-5-13(12(17)6-11)21-10-16(3)8-20-9-16/h4-6H,7-10H2,1-3H3,(H,18,19). The first-order chi connectivity index (χ1) is 9.72. The van der Waals surface area contributed by atoms with Gasteiger partial charge < -0.3 is 14.6 Å². The van der Waals surface area contributed by atoms with Gasteiger partial charge in [0.2, 0.25) is 0 Å². The molecular weight excluding hydrogens is 336 g/mol. The van der Waals surface area contributed by atoms with Gasteiger partial charge in [0.25, 0.3) is 0 Å². The molecule has 2 rings (SSSR count). The normalized spacial score (nSPS) is 17.1. The molecule has 1 N–H and O–H groups in total. The smallest absolute Gasteiger partial charge is 0.304 e. The van der Waals surface area contributed by atoms with Crippen molar-refractivity contribution >= 4 is 21.9 Å². The Hall–Kier alpha value is -1.07. The summed E-state index contributed by atoms with van der Waals surface area (Å²) in [4.78, 5) is 10.9. The average molecular weight is 357 g/mol. The van der Waals surface area contributed by atoms with Gasteiger partial charge in [-0.3, -0.25) is 4.79 Å². The summed E-state index contributed by atoms with van der Waals surface area (Å²) in [6.07, 6.45) is 0.0923. The van der Waals surface area contributed by atoms with Crippen molar-refractivity contribution in [2.45, 2.75) is 32.6 Å². The molecule has 1 saturated heterocycles. The monoisotopic (exact) mass is 356 g/mol. The second-order valence-electron chi connectivity index (χ2n) is 6.69. The molecule has 0 unspecified atom stereocenters. The first-order valence-electron chi connectivity index (χ1n) is 6.94. The zero-order chi connectivity index (χ0) is 15.7. The van der Waals surface area contributed by atoms with Crippen molar-refractivity contribution in [1.29, 1.82) is 0 Å². The molecule has 1 fully saturated rings. The predicted octanol–water partition coefficient (Wildman–Crippen LogP) is 3.62. The fourth-order valence-electron chi connectivity index (χ4n) is 2.30. The molecule has 0 bridgehead atoms. The Balaban J connectivity index is 2.08. The largest absolute Gasteiger partial charge is 0.492 e. The number of halogens is 1. The molecule has 0 spiro atoms. The van der Waals surface area contributed by atoms with Crippen LogP contribution in [0.2, 0.25) is 0 Å². The SMILES string of the molecule is CC1(COc2ccc(C(C)(C)CC(=O)O)cc2Br)COC1. The van der Waals surface area contributed by atoms with Gasteiger partial charge in [0.1, 0.15) is 5.75 Å². The molecule has 116 valence electrons. The van der Waals surface area contributed by atoms with Crippen molar-refractivity contribution in [3.05, 3.63) is 28.2 Å². The highest BCUT2D eigenvalue weighted by Crippen LogP contribution is 2.35. The summed E-state index contributed by atoms with van der Waals surface area (Å²) in [5, 5.41) is 8.99. The second-order valence-corrected chi connectivity index (χ2v) is 7.55. The van der Waals surface area contributed by atoms with Gasteiger partial charge in [-0.05, 0) is 33.6 Å². The van der Waals surface area contributed by atoms with Crippen LogP contribution in [-0.2, 0) is 14.9 Å². The lowest BCUT2D eigenvalue weighted by atomic mass is 9.81. The lowest BCUT2D eigenvalue weighted by Crippen LogP contribution is -2.44. The van der Waals surface area contributed by atoms with E-state index in [-0.39, 0.29) is 11.8 Å². The van der Waals surface area contributed by atoms with E-state index in [1.807, 2.05) is 32.0 Å². The highest BCUT2D eigenvalue weighted by molar-refractivity contribution is 9.10. The van der Waals surface area contributed by atoms with Crippen LogP contribution >= 0.6 is 15.9 Å². The van der Waals surface area contributed by atoms with Crippen LogP contribution in [0.3, 0.4) is 0 Å². The molecule has 1 heterocycles. The summed E-state index contributed by atoms with van der Waals surface area (Å²) in [7, 11) is 0. The van der Waals surface area contributed by atoms with Crippen LogP contribution in [0.5, 0.6) is 5.75 Å². The molecule has 0 aromatic heterocycles. The maximum absolute atomic E-state index is 10.9. The van der Waals surface area contributed by atoms with Gasteiger partial charge in [0.05, 0.1) is 30.7 Å². The van der Waals surface area contributed by atoms with Crippen LogP contribution in [-0.4, -0.2) is 30.9 Å². The van der Waals surface area contributed by atoms with Crippen LogP contribution in [0.15, 0.2) is 22.7 Å². The molecule has 1 aliphatic heterocycles. The molecule has 21 heavy (non-hydrogen) atoms. The Morgan fingerprint density at radius 1 is 1.48 bits per heavy atom. The summed E-state index contributed by atoms with van der Waals surface area (Å²) >= 11 is 3.51. The molecule has 1 aromatic rings. The van der Waals surface area contributed by atoms with E-state index in [4.69, 9.17) is 14.6 Å². The zero-order valence-corrected chi connectivity index (χ0v) is 14.2. The summed E-state index contributed by atoms with van der Waals surface area (Å²) < 4.78 is 11.9. The molecule has 0 saturated carbocycles. The molecule has 1 aliphatic rings. The van der Waals surface area contributed by atoms with E-state index in [2.05, 4.69) is 22.9 Å². The topological polar surface area (TPSA) is 55.8 Å². The number of carbonyl (C=O) groups is 1. The van der Waals surface area contributed by atoms with Crippen molar-refractivity contribution in [3.63, 3.8) is 0 Å². The van der Waals surface area contributed by atoms with Gasteiger partial charge in [0, 0.05) is 10.8 Å². The minimum atomic E-state index is -0.797. The lowest BCUT2D eigenvalue weighted by molar-refractivity contribution is -0.138. The summed E-state index contributed by atoms with van der Waals surface area (Å²) in [6, 6.07) is 5.77. The van der Waals surface area contributed by atoms with Crippen LogP contribution in [0.4, 0.5) is 0 Å². The van der Waals surface area contributed by atoms with Gasteiger partial charge in [0.15, 0.2) is 0 Å². The Kier molecular flexibility index (Phi) is 4.63. The second kappa shape index (κ2) is 5.97. The minimum Gasteiger partial charge on any atom is -0.492 e. The fraction of sp³-hybridized carbons (Fsp3) is 0.562. The Morgan fingerprint density at radius 2 is 2.14 bits per heavy atom. The van der Waals surface area contributed by atoms with Gasteiger partial charge in [-0.2, -0.15) is 0 Å². The van der Waals surface area contributed by atoms with Crippen molar-refractivity contribution < 1.29 is 19.4 Å². The number of carboxylic acid groups (broad SMARTS) is 1. The number of hydrogen-bond acceptors (Lipinski definition) is 3. The van der Waals surface area contributed by atoms with E-state index >= 15 is 0 Å². The van der Waals surface area contributed by atoms with Crippen molar-refractivity contribution in [2.24, 2.45) is 5.41 Å². The quantitative estimate of drug-likeness (QED) is 0.845. The number of rotatable bonds is 6. The van der Waals surface area contributed by atoms with Crippen LogP contribution in [0.1, 0.15) is 32.8 Å². The average Bonchev–Trinajstić information content (AvgIpc) is 2.33. The molecule has 1 aromatic carbocycles. The first-order valence-corrected chi connectivity index (χ1v) is 7.74. The Labute approximate surface area is 133 Å².